The van der Waals surface area contributed by atoms with Gasteiger partial charge in [0.15, 0.2) is 6.61 Å². The van der Waals surface area contributed by atoms with Crippen LogP contribution < -0.4 is 10.1 Å². The minimum Gasteiger partial charge on any atom is -0.484 e. The van der Waals surface area contributed by atoms with Crippen molar-refractivity contribution in [3.05, 3.63) is 64.6 Å². The van der Waals surface area contributed by atoms with Gasteiger partial charge in [-0.1, -0.05) is 52.3 Å². The third-order valence-electron chi connectivity index (χ3n) is 4.42. The van der Waals surface area contributed by atoms with Crippen LogP contribution in [0.3, 0.4) is 0 Å². The lowest BCUT2D eigenvalue weighted by Crippen LogP contribution is -2.38. The molecule has 1 atom stereocenters. The van der Waals surface area contributed by atoms with Gasteiger partial charge in [-0.15, -0.1) is 0 Å². The summed E-state index contributed by atoms with van der Waals surface area (Å²) in [6.07, 6.45) is 2.45. The quantitative estimate of drug-likeness (QED) is 0.765. The molecule has 3 rings (SSSR count). The Bertz CT molecular complexity index is 687. The molecule has 1 fully saturated rings. The fourth-order valence-corrected chi connectivity index (χ4v) is 3.53. The van der Waals surface area contributed by atoms with E-state index in [1.807, 2.05) is 30.3 Å². The average Bonchev–Trinajstić information content (AvgIpc) is 3.15. The van der Waals surface area contributed by atoms with Gasteiger partial charge >= 0.3 is 0 Å². The van der Waals surface area contributed by atoms with Gasteiger partial charge in [0, 0.05) is 11.0 Å². The van der Waals surface area contributed by atoms with Crippen molar-refractivity contribution in [2.45, 2.75) is 18.9 Å². The summed E-state index contributed by atoms with van der Waals surface area (Å²) in [5.41, 5.74) is 1.25. The van der Waals surface area contributed by atoms with Crippen LogP contribution in [0, 0.1) is 0 Å². The minimum atomic E-state index is -0.0971. The molecule has 1 amide bonds. The zero-order chi connectivity index (χ0) is 17.5. The molecule has 0 spiro atoms. The first-order chi connectivity index (χ1) is 12.2. The molecule has 25 heavy (non-hydrogen) atoms. The first kappa shape index (κ1) is 18.0. The molecule has 0 bridgehead atoms. The molecule has 1 saturated heterocycles. The number of likely N-dealkylation sites (tertiary alicyclic amines) is 1. The Morgan fingerprint density at radius 3 is 2.60 bits per heavy atom. The minimum absolute atomic E-state index is 0.0258. The zero-order valence-corrected chi connectivity index (χ0v) is 15.7. The summed E-state index contributed by atoms with van der Waals surface area (Å²) >= 11 is 3.40. The van der Waals surface area contributed by atoms with E-state index in [1.54, 1.807) is 0 Å². The van der Waals surface area contributed by atoms with Crippen LogP contribution in [-0.4, -0.2) is 37.0 Å². The van der Waals surface area contributed by atoms with E-state index >= 15 is 0 Å². The van der Waals surface area contributed by atoms with Crippen LogP contribution in [0.15, 0.2) is 59.1 Å². The van der Waals surface area contributed by atoms with Crippen LogP contribution in [0.5, 0.6) is 5.75 Å². The second-order valence-electron chi connectivity index (χ2n) is 6.22. The van der Waals surface area contributed by atoms with E-state index in [9.17, 15) is 4.79 Å². The maximum atomic E-state index is 12.2. The molecular weight excluding hydrogens is 380 g/mol. The molecule has 0 radical (unpaired) electrons. The Labute approximate surface area is 157 Å². The molecule has 1 N–H and O–H groups in total. The number of hydrogen-bond donors (Lipinski definition) is 1. The van der Waals surface area contributed by atoms with Gasteiger partial charge in [-0.05, 0) is 49.7 Å². The van der Waals surface area contributed by atoms with Crippen molar-refractivity contribution in [1.29, 1.82) is 0 Å². The fourth-order valence-electron chi connectivity index (χ4n) is 3.15. The van der Waals surface area contributed by atoms with Crippen LogP contribution in [0.2, 0.25) is 0 Å². The molecule has 1 aliphatic heterocycles. The Hall–Kier alpha value is -1.85. The van der Waals surface area contributed by atoms with E-state index in [2.05, 4.69) is 50.4 Å². The standard InChI is InChI=1S/C20H23BrN2O2/c21-17-9-6-10-18(13-17)25-15-20(24)22-14-19(23-11-4-5-12-23)16-7-2-1-3-8-16/h1-3,6-10,13,19H,4-5,11-12,14-15H2,(H,22,24). The van der Waals surface area contributed by atoms with Crippen LogP contribution in [0.4, 0.5) is 0 Å². The third-order valence-corrected chi connectivity index (χ3v) is 4.92. The van der Waals surface area contributed by atoms with E-state index in [1.165, 1.54) is 18.4 Å². The highest BCUT2D eigenvalue weighted by atomic mass is 79.9. The number of nitrogens with one attached hydrogen (secondary N) is 1. The molecular formula is C20H23BrN2O2. The molecule has 132 valence electrons. The van der Waals surface area contributed by atoms with E-state index in [4.69, 9.17) is 4.74 Å². The van der Waals surface area contributed by atoms with Gasteiger partial charge in [0.25, 0.3) is 5.91 Å². The summed E-state index contributed by atoms with van der Waals surface area (Å²) in [6.45, 7) is 2.80. The van der Waals surface area contributed by atoms with Gasteiger partial charge in [0.05, 0.1) is 6.04 Å². The Balaban J connectivity index is 1.54. The number of hydrogen-bond acceptors (Lipinski definition) is 3. The van der Waals surface area contributed by atoms with Gasteiger partial charge in [-0.25, -0.2) is 0 Å². The molecule has 0 aliphatic carbocycles. The normalized spacial score (nSPS) is 15.7. The number of benzene rings is 2. The van der Waals surface area contributed by atoms with Crippen molar-refractivity contribution in [2.24, 2.45) is 0 Å². The van der Waals surface area contributed by atoms with E-state index < -0.39 is 0 Å². The lowest BCUT2D eigenvalue weighted by molar-refractivity contribution is -0.123. The number of ether oxygens (including phenoxy) is 1. The second-order valence-corrected chi connectivity index (χ2v) is 7.14. The Kier molecular flexibility index (Phi) is 6.48. The van der Waals surface area contributed by atoms with Gasteiger partial charge in [0.2, 0.25) is 0 Å². The lowest BCUT2D eigenvalue weighted by atomic mass is 10.1. The zero-order valence-electron chi connectivity index (χ0n) is 14.2. The van der Waals surface area contributed by atoms with Crippen molar-refractivity contribution in [3.63, 3.8) is 0 Å². The van der Waals surface area contributed by atoms with E-state index in [-0.39, 0.29) is 18.6 Å². The average molecular weight is 403 g/mol. The van der Waals surface area contributed by atoms with Crippen molar-refractivity contribution in [2.75, 3.05) is 26.2 Å². The number of carbonyl (C=O) groups excluding carboxylic acids is 1. The topological polar surface area (TPSA) is 41.6 Å². The van der Waals surface area contributed by atoms with Gasteiger partial charge in [0.1, 0.15) is 5.75 Å². The van der Waals surface area contributed by atoms with Gasteiger partial charge in [-0.3, -0.25) is 9.69 Å². The van der Waals surface area contributed by atoms with Crippen molar-refractivity contribution >= 4 is 21.8 Å². The summed E-state index contributed by atoms with van der Waals surface area (Å²) in [5, 5.41) is 3.03. The van der Waals surface area contributed by atoms with Crippen LogP contribution in [0.25, 0.3) is 0 Å². The summed E-state index contributed by atoms with van der Waals surface area (Å²) < 4.78 is 6.49. The highest BCUT2D eigenvalue weighted by Crippen LogP contribution is 2.24. The van der Waals surface area contributed by atoms with Gasteiger partial charge < -0.3 is 10.1 Å². The molecule has 2 aromatic carbocycles. The smallest absolute Gasteiger partial charge is 0.258 e. The fraction of sp³-hybridized carbons (Fsp3) is 0.350. The highest BCUT2D eigenvalue weighted by Gasteiger charge is 2.23. The first-order valence-corrected chi connectivity index (χ1v) is 9.46. The maximum Gasteiger partial charge on any atom is 0.258 e. The van der Waals surface area contributed by atoms with Crippen molar-refractivity contribution in [1.82, 2.24) is 10.2 Å². The Morgan fingerprint density at radius 2 is 1.88 bits per heavy atom. The molecule has 2 aromatic rings. The molecule has 4 nitrogen and oxygen atoms in total. The number of nitrogens with zero attached hydrogens (tertiary/aromatic N) is 1. The molecule has 1 heterocycles. The molecule has 5 heteroatoms. The summed E-state index contributed by atoms with van der Waals surface area (Å²) in [4.78, 5) is 14.6. The first-order valence-electron chi connectivity index (χ1n) is 8.66. The predicted octanol–water partition coefficient (Wildman–Crippen LogP) is 3.78. The largest absolute Gasteiger partial charge is 0.484 e. The van der Waals surface area contributed by atoms with Crippen molar-refractivity contribution < 1.29 is 9.53 Å². The summed E-state index contributed by atoms with van der Waals surface area (Å²) in [6, 6.07) is 18.1. The molecule has 0 aromatic heterocycles. The number of halogens is 1. The van der Waals surface area contributed by atoms with Crippen molar-refractivity contribution in [3.8, 4) is 5.75 Å². The number of amides is 1. The summed E-state index contributed by atoms with van der Waals surface area (Å²) in [7, 11) is 0. The van der Waals surface area contributed by atoms with Crippen LogP contribution in [0.1, 0.15) is 24.4 Å². The Morgan fingerprint density at radius 1 is 1.12 bits per heavy atom. The summed E-state index contributed by atoms with van der Waals surface area (Å²) in [5.74, 6) is 0.587. The van der Waals surface area contributed by atoms with Gasteiger partial charge in [-0.2, -0.15) is 0 Å². The lowest BCUT2D eigenvalue weighted by Gasteiger charge is -2.28. The highest BCUT2D eigenvalue weighted by molar-refractivity contribution is 9.10. The van der Waals surface area contributed by atoms with E-state index in [0.717, 1.165) is 17.6 Å². The number of carbonyl (C=O) groups is 1. The second kappa shape index (κ2) is 9.02. The monoisotopic (exact) mass is 402 g/mol. The third kappa shape index (κ3) is 5.31. The molecule has 1 unspecified atom stereocenters. The van der Waals surface area contributed by atoms with Crippen LogP contribution >= 0.6 is 15.9 Å². The maximum absolute atomic E-state index is 12.2. The van der Waals surface area contributed by atoms with Crippen LogP contribution in [-0.2, 0) is 4.79 Å². The molecule has 0 saturated carbocycles. The number of rotatable bonds is 7. The predicted molar refractivity (Wildman–Crippen MR) is 103 cm³/mol. The SMILES string of the molecule is O=C(COc1cccc(Br)c1)NCC(c1ccccc1)N1CCCC1. The molecule has 1 aliphatic rings. The van der Waals surface area contributed by atoms with E-state index in [0.29, 0.717) is 12.3 Å².